The van der Waals surface area contributed by atoms with E-state index >= 15 is 0 Å². The van der Waals surface area contributed by atoms with E-state index in [2.05, 4.69) is 13.8 Å². The highest BCUT2D eigenvalue weighted by atomic mass is 16.4. The maximum absolute atomic E-state index is 10.5. The highest BCUT2D eigenvalue weighted by Gasteiger charge is 2.08. The number of carboxylic acid groups (broad SMARTS) is 1. The summed E-state index contributed by atoms with van der Waals surface area (Å²) in [6.07, 6.45) is 12.8. The minimum Gasteiger partial charge on any atom is -0.481 e. The molecular formula is C15H30O2. The van der Waals surface area contributed by atoms with Gasteiger partial charge in [0.05, 0.1) is 0 Å². The van der Waals surface area contributed by atoms with Gasteiger partial charge in [-0.25, -0.2) is 0 Å². The number of aliphatic carboxylic acids is 1. The average Bonchev–Trinajstić information content (AvgIpc) is 2.28. The quantitative estimate of drug-likeness (QED) is 0.488. The summed E-state index contributed by atoms with van der Waals surface area (Å²) in [6.45, 7) is 4.47. The van der Waals surface area contributed by atoms with Crippen molar-refractivity contribution in [2.75, 3.05) is 0 Å². The Hall–Kier alpha value is -0.530. The first-order valence-electron chi connectivity index (χ1n) is 7.42. The molecule has 0 fully saturated rings. The Morgan fingerprint density at radius 3 is 2.12 bits per heavy atom. The molecule has 0 spiro atoms. The van der Waals surface area contributed by atoms with Crippen LogP contribution >= 0.6 is 0 Å². The van der Waals surface area contributed by atoms with Gasteiger partial charge in [0.1, 0.15) is 0 Å². The topological polar surface area (TPSA) is 37.3 Å². The van der Waals surface area contributed by atoms with Crippen LogP contribution in [0.3, 0.4) is 0 Å². The van der Waals surface area contributed by atoms with Crippen LogP contribution in [0.15, 0.2) is 0 Å². The molecule has 0 radical (unpaired) electrons. The monoisotopic (exact) mass is 242 g/mol. The fourth-order valence-corrected chi connectivity index (χ4v) is 2.42. The van der Waals surface area contributed by atoms with E-state index in [1.54, 1.807) is 0 Å². The van der Waals surface area contributed by atoms with Crippen molar-refractivity contribution >= 4 is 5.97 Å². The van der Waals surface area contributed by atoms with Crippen LogP contribution in [0, 0.1) is 5.92 Å². The van der Waals surface area contributed by atoms with Crippen molar-refractivity contribution in [2.45, 2.75) is 84.5 Å². The standard InChI is InChI=1S/C15H30O2/c1-3-5-6-7-8-11-14(10-4-2)12-9-13-15(16)17/h14H,3-13H2,1-2H3,(H,16,17). The fourth-order valence-electron chi connectivity index (χ4n) is 2.42. The number of hydrogen-bond acceptors (Lipinski definition) is 1. The van der Waals surface area contributed by atoms with Gasteiger partial charge in [0.15, 0.2) is 0 Å². The zero-order valence-corrected chi connectivity index (χ0v) is 11.7. The smallest absolute Gasteiger partial charge is 0.303 e. The number of carbonyl (C=O) groups is 1. The molecule has 2 nitrogen and oxygen atoms in total. The van der Waals surface area contributed by atoms with Gasteiger partial charge in [0.2, 0.25) is 0 Å². The third-order valence-electron chi connectivity index (χ3n) is 3.42. The Morgan fingerprint density at radius 1 is 0.882 bits per heavy atom. The zero-order chi connectivity index (χ0) is 12.9. The first-order valence-corrected chi connectivity index (χ1v) is 7.42. The first kappa shape index (κ1) is 16.5. The Labute approximate surface area is 107 Å². The molecule has 0 saturated heterocycles. The molecule has 2 heteroatoms. The lowest BCUT2D eigenvalue weighted by atomic mass is 9.91. The van der Waals surface area contributed by atoms with Gasteiger partial charge in [-0.1, -0.05) is 65.2 Å². The number of rotatable bonds is 12. The van der Waals surface area contributed by atoms with E-state index in [1.165, 1.54) is 51.4 Å². The third-order valence-corrected chi connectivity index (χ3v) is 3.42. The predicted molar refractivity (Wildman–Crippen MR) is 73.3 cm³/mol. The summed E-state index contributed by atoms with van der Waals surface area (Å²) in [5.74, 6) is 0.115. The molecular weight excluding hydrogens is 212 g/mol. The van der Waals surface area contributed by atoms with Gasteiger partial charge in [-0.2, -0.15) is 0 Å². The molecule has 0 heterocycles. The zero-order valence-electron chi connectivity index (χ0n) is 11.7. The van der Waals surface area contributed by atoms with Crippen LogP contribution in [0.5, 0.6) is 0 Å². The first-order chi connectivity index (χ1) is 8.20. The molecule has 1 unspecified atom stereocenters. The van der Waals surface area contributed by atoms with Gasteiger partial charge in [-0.05, 0) is 18.8 Å². The van der Waals surface area contributed by atoms with Gasteiger partial charge in [-0.3, -0.25) is 4.79 Å². The van der Waals surface area contributed by atoms with E-state index in [9.17, 15) is 4.79 Å². The lowest BCUT2D eigenvalue weighted by Gasteiger charge is -2.15. The van der Waals surface area contributed by atoms with Gasteiger partial charge < -0.3 is 5.11 Å². The minimum atomic E-state index is -0.650. The molecule has 0 aromatic heterocycles. The van der Waals surface area contributed by atoms with Gasteiger partial charge in [0, 0.05) is 6.42 Å². The molecule has 0 bridgehead atoms. The average molecular weight is 242 g/mol. The van der Waals surface area contributed by atoms with E-state index in [1.807, 2.05) is 0 Å². The summed E-state index contributed by atoms with van der Waals surface area (Å²) in [5, 5.41) is 8.63. The van der Waals surface area contributed by atoms with Crippen LogP contribution in [-0.2, 0) is 4.79 Å². The Balaban J connectivity index is 3.55. The van der Waals surface area contributed by atoms with Gasteiger partial charge in [-0.15, -0.1) is 0 Å². The van der Waals surface area contributed by atoms with Crippen LogP contribution in [0.25, 0.3) is 0 Å². The van der Waals surface area contributed by atoms with Crippen LogP contribution in [0.2, 0.25) is 0 Å². The van der Waals surface area contributed by atoms with E-state index < -0.39 is 5.97 Å². The summed E-state index contributed by atoms with van der Waals surface area (Å²) < 4.78 is 0. The molecule has 0 saturated carbocycles. The van der Waals surface area contributed by atoms with Crippen LogP contribution < -0.4 is 0 Å². The maximum Gasteiger partial charge on any atom is 0.303 e. The SMILES string of the molecule is CCCCCCCC(CCC)CCCC(=O)O. The van der Waals surface area contributed by atoms with Crippen LogP contribution in [0.1, 0.15) is 84.5 Å². The Kier molecular flexibility index (Phi) is 11.6. The van der Waals surface area contributed by atoms with Crippen molar-refractivity contribution in [1.29, 1.82) is 0 Å². The highest BCUT2D eigenvalue weighted by Crippen LogP contribution is 2.22. The summed E-state index contributed by atoms with van der Waals surface area (Å²) in [4.78, 5) is 10.5. The Bertz CT molecular complexity index is 178. The molecule has 0 aromatic carbocycles. The molecule has 0 aromatic rings. The predicted octanol–water partition coefficient (Wildman–Crippen LogP) is 5.02. The molecule has 0 amide bonds. The van der Waals surface area contributed by atoms with Crippen molar-refractivity contribution in [3.05, 3.63) is 0 Å². The summed E-state index contributed by atoms with van der Waals surface area (Å²) >= 11 is 0. The van der Waals surface area contributed by atoms with Crippen LogP contribution in [-0.4, -0.2) is 11.1 Å². The molecule has 17 heavy (non-hydrogen) atoms. The van der Waals surface area contributed by atoms with Crippen molar-refractivity contribution in [3.8, 4) is 0 Å². The maximum atomic E-state index is 10.5. The van der Waals surface area contributed by atoms with Gasteiger partial charge >= 0.3 is 5.97 Å². The fraction of sp³-hybridized carbons (Fsp3) is 0.933. The molecule has 1 N–H and O–H groups in total. The van der Waals surface area contributed by atoms with Crippen molar-refractivity contribution in [2.24, 2.45) is 5.92 Å². The Morgan fingerprint density at radius 2 is 1.53 bits per heavy atom. The van der Waals surface area contributed by atoms with Crippen molar-refractivity contribution < 1.29 is 9.90 Å². The number of unbranched alkanes of at least 4 members (excludes halogenated alkanes) is 4. The number of hydrogen-bond donors (Lipinski definition) is 1. The second kappa shape index (κ2) is 11.9. The van der Waals surface area contributed by atoms with E-state index in [0.29, 0.717) is 6.42 Å². The lowest BCUT2D eigenvalue weighted by molar-refractivity contribution is -0.137. The second-order valence-electron chi connectivity index (χ2n) is 5.14. The molecule has 0 aliphatic carbocycles. The second-order valence-corrected chi connectivity index (χ2v) is 5.14. The van der Waals surface area contributed by atoms with E-state index in [-0.39, 0.29) is 0 Å². The van der Waals surface area contributed by atoms with Crippen molar-refractivity contribution in [1.82, 2.24) is 0 Å². The molecule has 0 rings (SSSR count). The van der Waals surface area contributed by atoms with Gasteiger partial charge in [0.25, 0.3) is 0 Å². The largest absolute Gasteiger partial charge is 0.481 e. The van der Waals surface area contributed by atoms with E-state index in [0.717, 1.165) is 18.8 Å². The molecule has 1 atom stereocenters. The van der Waals surface area contributed by atoms with Crippen molar-refractivity contribution in [3.63, 3.8) is 0 Å². The normalized spacial score (nSPS) is 12.6. The molecule has 0 aliphatic rings. The summed E-state index contributed by atoms with van der Waals surface area (Å²) in [5.41, 5.74) is 0. The van der Waals surface area contributed by atoms with Crippen LogP contribution in [0.4, 0.5) is 0 Å². The molecule has 102 valence electrons. The van der Waals surface area contributed by atoms with E-state index in [4.69, 9.17) is 5.11 Å². The summed E-state index contributed by atoms with van der Waals surface area (Å²) in [6, 6.07) is 0. The summed E-state index contributed by atoms with van der Waals surface area (Å²) in [7, 11) is 0. The number of carboxylic acids is 1. The molecule has 0 aliphatic heterocycles. The highest BCUT2D eigenvalue weighted by molar-refractivity contribution is 5.66. The minimum absolute atomic E-state index is 0.343. The third kappa shape index (κ3) is 11.7. The lowest BCUT2D eigenvalue weighted by Crippen LogP contribution is -2.03.